The fourth-order valence-electron chi connectivity index (χ4n) is 2.67. The average molecular weight is 467 g/mol. The molecule has 0 saturated carbocycles. The smallest absolute Gasteiger partial charge is 0.124 e. The third kappa shape index (κ3) is 7.19. The van der Waals surface area contributed by atoms with E-state index in [1.807, 2.05) is 42.5 Å². The van der Waals surface area contributed by atoms with Crippen LogP contribution in [0.4, 0.5) is 0 Å². The highest BCUT2D eigenvalue weighted by atomic mass is 79.9. The molecule has 0 atom stereocenters. The van der Waals surface area contributed by atoms with Gasteiger partial charge in [0.1, 0.15) is 12.4 Å². The lowest BCUT2D eigenvalue weighted by molar-refractivity contribution is 0.302. The Morgan fingerprint density at radius 1 is 0.889 bits per heavy atom. The Hall–Kier alpha value is -1.52. The normalized spacial score (nSPS) is 10.3. The topological polar surface area (TPSA) is 21.3 Å². The van der Waals surface area contributed by atoms with Gasteiger partial charge in [-0.15, -0.1) is 12.4 Å². The first-order valence-corrected chi connectivity index (χ1v) is 9.78. The monoisotopic (exact) mass is 465 g/mol. The molecule has 3 aromatic carbocycles. The highest BCUT2D eigenvalue weighted by molar-refractivity contribution is 9.10. The first-order chi connectivity index (χ1) is 12.7. The second-order valence-corrected chi connectivity index (χ2v) is 7.43. The van der Waals surface area contributed by atoms with Gasteiger partial charge in [0.05, 0.1) is 0 Å². The highest BCUT2D eigenvalue weighted by Gasteiger charge is 2.05. The molecule has 0 amide bonds. The van der Waals surface area contributed by atoms with Crippen LogP contribution < -0.4 is 10.1 Å². The van der Waals surface area contributed by atoms with Gasteiger partial charge < -0.3 is 10.1 Å². The van der Waals surface area contributed by atoms with Crippen LogP contribution in [0.2, 0.25) is 5.02 Å². The van der Waals surface area contributed by atoms with E-state index in [2.05, 4.69) is 51.6 Å². The fourth-order valence-corrected chi connectivity index (χ4v) is 3.20. The van der Waals surface area contributed by atoms with E-state index in [4.69, 9.17) is 16.3 Å². The molecule has 0 saturated heterocycles. The van der Waals surface area contributed by atoms with Gasteiger partial charge in [-0.3, -0.25) is 0 Å². The Balaban J connectivity index is 0.00000261. The maximum Gasteiger partial charge on any atom is 0.124 e. The van der Waals surface area contributed by atoms with Crippen molar-refractivity contribution in [3.63, 3.8) is 0 Å². The van der Waals surface area contributed by atoms with Gasteiger partial charge in [0, 0.05) is 21.6 Å². The molecule has 142 valence electrons. The third-order valence-electron chi connectivity index (χ3n) is 4.08. The maximum atomic E-state index is 6.03. The molecule has 0 aliphatic heterocycles. The quantitative estimate of drug-likeness (QED) is 0.386. The van der Waals surface area contributed by atoms with E-state index in [1.165, 1.54) is 5.56 Å². The third-order valence-corrected chi connectivity index (χ3v) is 4.82. The van der Waals surface area contributed by atoms with Gasteiger partial charge in [-0.25, -0.2) is 0 Å². The number of hydrogen-bond donors (Lipinski definition) is 1. The molecule has 0 aliphatic carbocycles. The number of rotatable bonds is 8. The van der Waals surface area contributed by atoms with E-state index < -0.39 is 0 Å². The van der Waals surface area contributed by atoms with Crippen LogP contribution in [-0.4, -0.2) is 6.54 Å². The van der Waals surface area contributed by atoms with Gasteiger partial charge in [-0.05, 0) is 54.4 Å². The molecule has 5 heteroatoms. The molecule has 0 spiro atoms. The van der Waals surface area contributed by atoms with Crippen molar-refractivity contribution in [1.29, 1.82) is 0 Å². The van der Waals surface area contributed by atoms with Crippen molar-refractivity contribution in [2.45, 2.75) is 19.6 Å². The van der Waals surface area contributed by atoms with Crippen molar-refractivity contribution >= 4 is 39.9 Å². The van der Waals surface area contributed by atoms with Crippen molar-refractivity contribution in [3.8, 4) is 5.75 Å². The van der Waals surface area contributed by atoms with Crippen LogP contribution in [0.15, 0.2) is 77.3 Å². The van der Waals surface area contributed by atoms with Crippen molar-refractivity contribution in [2.24, 2.45) is 0 Å². The van der Waals surface area contributed by atoms with Crippen LogP contribution in [0.25, 0.3) is 0 Å². The Labute approximate surface area is 180 Å². The van der Waals surface area contributed by atoms with E-state index in [0.717, 1.165) is 45.9 Å². The minimum absolute atomic E-state index is 0. The minimum Gasteiger partial charge on any atom is -0.489 e. The molecular weight excluding hydrogens is 445 g/mol. The predicted molar refractivity (Wildman–Crippen MR) is 119 cm³/mol. The van der Waals surface area contributed by atoms with Gasteiger partial charge in [-0.2, -0.15) is 0 Å². The zero-order valence-corrected chi connectivity index (χ0v) is 18.0. The first-order valence-electron chi connectivity index (χ1n) is 8.61. The standard InChI is InChI=1S/C22H21BrClNO.ClH/c23-20-8-11-22(26-16-18-4-2-1-3-5-18)19(14-20)15-25-13-12-17-6-9-21(24)10-7-17;/h1-11,14,25H,12-13,15-16H2;1H. The summed E-state index contributed by atoms with van der Waals surface area (Å²) in [7, 11) is 0. The fraction of sp³-hybridized carbons (Fsp3) is 0.182. The molecule has 0 unspecified atom stereocenters. The number of benzene rings is 3. The van der Waals surface area contributed by atoms with Crippen molar-refractivity contribution in [3.05, 3.63) is 99.0 Å². The summed E-state index contributed by atoms with van der Waals surface area (Å²) in [5.74, 6) is 0.913. The summed E-state index contributed by atoms with van der Waals surface area (Å²) in [6.07, 6.45) is 0.964. The van der Waals surface area contributed by atoms with E-state index in [0.29, 0.717) is 6.61 Å². The van der Waals surface area contributed by atoms with Gasteiger partial charge in [-0.1, -0.05) is 70.0 Å². The lowest BCUT2D eigenvalue weighted by atomic mass is 10.1. The number of nitrogens with one attached hydrogen (secondary N) is 1. The number of ether oxygens (including phenoxy) is 1. The number of halogens is 3. The lowest BCUT2D eigenvalue weighted by Crippen LogP contribution is -2.17. The zero-order chi connectivity index (χ0) is 18.2. The average Bonchev–Trinajstić information content (AvgIpc) is 2.67. The van der Waals surface area contributed by atoms with E-state index in [1.54, 1.807) is 0 Å². The number of hydrogen-bond acceptors (Lipinski definition) is 2. The molecule has 3 rings (SSSR count). The van der Waals surface area contributed by atoms with Crippen LogP contribution in [0.3, 0.4) is 0 Å². The molecule has 0 bridgehead atoms. The lowest BCUT2D eigenvalue weighted by Gasteiger charge is -2.13. The van der Waals surface area contributed by atoms with Crippen LogP contribution in [0, 0.1) is 0 Å². The summed E-state index contributed by atoms with van der Waals surface area (Å²) in [5.41, 5.74) is 3.58. The minimum atomic E-state index is 0. The largest absolute Gasteiger partial charge is 0.489 e. The van der Waals surface area contributed by atoms with Gasteiger partial charge in [0.2, 0.25) is 0 Å². The van der Waals surface area contributed by atoms with Gasteiger partial charge in [0.15, 0.2) is 0 Å². The second kappa shape index (κ2) is 11.4. The van der Waals surface area contributed by atoms with Crippen LogP contribution in [-0.2, 0) is 19.6 Å². The Morgan fingerprint density at radius 2 is 1.63 bits per heavy atom. The van der Waals surface area contributed by atoms with Gasteiger partial charge >= 0.3 is 0 Å². The summed E-state index contributed by atoms with van der Waals surface area (Å²) in [5, 5.41) is 4.27. The van der Waals surface area contributed by atoms with Crippen molar-refractivity contribution in [2.75, 3.05) is 6.54 Å². The summed E-state index contributed by atoms with van der Waals surface area (Å²) in [4.78, 5) is 0. The molecule has 1 N–H and O–H groups in total. The van der Waals surface area contributed by atoms with E-state index in [-0.39, 0.29) is 12.4 Å². The molecule has 27 heavy (non-hydrogen) atoms. The molecular formula is C22H22BrCl2NO. The summed E-state index contributed by atoms with van der Waals surface area (Å²) >= 11 is 9.47. The summed E-state index contributed by atoms with van der Waals surface area (Å²) in [6.45, 7) is 2.23. The van der Waals surface area contributed by atoms with E-state index in [9.17, 15) is 0 Å². The predicted octanol–water partition coefficient (Wildman–Crippen LogP) is 6.44. The van der Waals surface area contributed by atoms with Gasteiger partial charge in [0.25, 0.3) is 0 Å². The highest BCUT2D eigenvalue weighted by Crippen LogP contribution is 2.24. The molecule has 0 radical (unpaired) electrons. The SMILES string of the molecule is Cl.Clc1ccc(CCNCc2cc(Br)ccc2OCc2ccccc2)cc1. The Kier molecular flexibility index (Phi) is 9.16. The van der Waals surface area contributed by atoms with Crippen molar-refractivity contribution in [1.82, 2.24) is 5.32 Å². The van der Waals surface area contributed by atoms with Crippen LogP contribution in [0.1, 0.15) is 16.7 Å². The van der Waals surface area contributed by atoms with Crippen LogP contribution >= 0.6 is 39.9 Å². The van der Waals surface area contributed by atoms with Crippen molar-refractivity contribution < 1.29 is 4.74 Å². The summed E-state index contributed by atoms with van der Waals surface area (Å²) < 4.78 is 7.09. The molecule has 0 heterocycles. The molecule has 0 aliphatic rings. The van der Waals surface area contributed by atoms with Crippen LogP contribution in [0.5, 0.6) is 5.75 Å². The molecule has 3 aromatic rings. The zero-order valence-electron chi connectivity index (χ0n) is 14.8. The molecule has 0 fully saturated rings. The Bertz CT molecular complexity index is 825. The first kappa shape index (κ1) is 21.8. The summed E-state index contributed by atoms with van der Waals surface area (Å²) in [6, 6.07) is 24.3. The molecule has 2 nitrogen and oxygen atoms in total. The Morgan fingerprint density at radius 3 is 2.37 bits per heavy atom. The van der Waals surface area contributed by atoms with E-state index >= 15 is 0 Å². The second-order valence-electron chi connectivity index (χ2n) is 6.08. The maximum absolute atomic E-state index is 6.03. The molecule has 0 aromatic heterocycles.